The largest absolute Gasteiger partial charge is 0.503 e. The van der Waals surface area contributed by atoms with Crippen LogP contribution in [0.2, 0.25) is 5.02 Å². The summed E-state index contributed by atoms with van der Waals surface area (Å²) in [5.41, 5.74) is 0.497. The molecule has 0 radical (unpaired) electrons. The first-order chi connectivity index (χ1) is 13.4. The molecule has 1 aromatic carbocycles. The molecule has 0 aromatic heterocycles. The number of nitrogens with zero attached hydrogens (tertiary/aromatic N) is 2. The maximum atomic E-state index is 12.6. The molecular formula is C18H19ClN2O6S. The van der Waals surface area contributed by atoms with Gasteiger partial charge in [0.2, 0.25) is 5.91 Å². The molecule has 3 amide bonds. The zero-order valence-corrected chi connectivity index (χ0v) is 16.7. The van der Waals surface area contributed by atoms with Gasteiger partial charge in [0.1, 0.15) is 6.54 Å². The molecule has 0 unspecified atom stereocenters. The lowest BCUT2D eigenvalue weighted by Gasteiger charge is -2.28. The van der Waals surface area contributed by atoms with Gasteiger partial charge in [0.15, 0.2) is 11.5 Å². The normalized spacial score (nSPS) is 18.9. The van der Waals surface area contributed by atoms with Gasteiger partial charge in [0, 0.05) is 13.1 Å². The molecule has 150 valence electrons. The Labute approximate surface area is 171 Å². The predicted octanol–water partition coefficient (Wildman–Crippen LogP) is 2.34. The highest BCUT2D eigenvalue weighted by molar-refractivity contribution is 8.18. The molecule has 0 saturated carbocycles. The smallest absolute Gasteiger partial charge is 0.294 e. The summed E-state index contributed by atoms with van der Waals surface area (Å²) in [5, 5.41) is 9.47. The first-order valence-corrected chi connectivity index (χ1v) is 9.86. The molecule has 1 N–H and O–H groups in total. The standard InChI is InChI=1S/C18H19ClN2O6S/c1-2-27-13-8-11(7-12(19)16(13)23)9-14-17(24)21(18(25)28-14)10-15(22)20-3-5-26-6-4-20/h7-9,23H,2-6,10H2,1H3/b14-9-. The summed E-state index contributed by atoms with van der Waals surface area (Å²) in [6.07, 6.45) is 1.48. The van der Waals surface area contributed by atoms with Gasteiger partial charge in [-0.1, -0.05) is 11.6 Å². The number of hydrogen-bond acceptors (Lipinski definition) is 7. The number of thioether (sulfide) groups is 1. The Morgan fingerprint density at radius 3 is 2.75 bits per heavy atom. The second-order valence-corrected chi connectivity index (χ2v) is 7.44. The van der Waals surface area contributed by atoms with Gasteiger partial charge in [0.05, 0.1) is 29.7 Å². The van der Waals surface area contributed by atoms with Crippen molar-refractivity contribution in [3.63, 3.8) is 0 Å². The number of amides is 3. The molecule has 2 fully saturated rings. The number of aromatic hydroxyl groups is 1. The van der Waals surface area contributed by atoms with Gasteiger partial charge in [-0.25, -0.2) is 0 Å². The van der Waals surface area contributed by atoms with Crippen molar-refractivity contribution in [3.8, 4) is 11.5 Å². The van der Waals surface area contributed by atoms with Crippen LogP contribution < -0.4 is 4.74 Å². The molecular weight excluding hydrogens is 408 g/mol. The summed E-state index contributed by atoms with van der Waals surface area (Å²) in [6, 6.07) is 2.99. The number of phenolic OH excluding ortho intramolecular Hbond substituents is 1. The Kier molecular flexibility index (Phi) is 6.48. The van der Waals surface area contributed by atoms with Crippen LogP contribution in [0.5, 0.6) is 11.5 Å². The molecule has 8 nitrogen and oxygen atoms in total. The average molecular weight is 427 g/mol. The Bertz CT molecular complexity index is 838. The third-order valence-electron chi connectivity index (χ3n) is 4.18. The van der Waals surface area contributed by atoms with Gasteiger partial charge in [-0.15, -0.1) is 0 Å². The first kappa shape index (κ1) is 20.5. The lowest BCUT2D eigenvalue weighted by atomic mass is 10.2. The van der Waals surface area contributed by atoms with E-state index in [1.54, 1.807) is 11.8 Å². The number of ether oxygens (including phenoxy) is 2. The highest BCUT2D eigenvalue weighted by Crippen LogP contribution is 2.38. The van der Waals surface area contributed by atoms with Crippen molar-refractivity contribution < 1.29 is 29.0 Å². The molecule has 2 saturated heterocycles. The molecule has 0 bridgehead atoms. The van der Waals surface area contributed by atoms with E-state index in [2.05, 4.69) is 0 Å². The van der Waals surface area contributed by atoms with E-state index < -0.39 is 11.1 Å². The fourth-order valence-electron chi connectivity index (χ4n) is 2.78. The number of halogens is 1. The zero-order chi connectivity index (χ0) is 20.3. The second-order valence-electron chi connectivity index (χ2n) is 6.04. The van der Waals surface area contributed by atoms with Crippen molar-refractivity contribution in [2.75, 3.05) is 39.5 Å². The third kappa shape index (κ3) is 4.43. The van der Waals surface area contributed by atoms with E-state index in [4.69, 9.17) is 21.1 Å². The van der Waals surface area contributed by atoms with E-state index in [1.807, 2.05) is 0 Å². The minimum absolute atomic E-state index is 0.0684. The van der Waals surface area contributed by atoms with E-state index in [0.29, 0.717) is 38.5 Å². The van der Waals surface area contributed by atoms with Crippen molar-refractivity contribution in [2.24, 2.45) is 0 Å². The topological polar surface area (TPSA) is 96.4 Å². The third-order valence-corrected chi connectivity index (χ3v) is 5.37. The molecule has 1 aromatic rings. The van der Waals surface area contributed by atoms with Crippen molar-refractivity contribution in [2.45, 2.75) is 6.92 Å². The minimum atomic E-state index is -0.543. The van der Waals surface area contributed by atoms with Gasteiger partial charge >= 0.3 is 0 Å². The summed E-state index contributed by atoms with van der Waals surface area (Å²) < 4.78 is 10.5. The molecule has 2 heterocycles. The summed E-state index contributed by atoms with van der Waals surface area (Å²) in [4.78, 5) is 39.9. The molecule has 2 aliphatic heterocycles. The highest BCUT2D eigenvalue weighted by Gasteiger charge is 2.37. The van der Waals surface area contributed by atoms with Crippen LogP contribution in [0.25, 0.3) is 6.08 Å². The predicted molar refractivity (Wildman–Crippen MR) is 104 cm³/mol. The van der Waals surface area contributed by atoms with Gasteiger partial charge in [0.25, 0.3) is 11.1 Å². The van der Waals surface area contributed by atoms with Crippen LogP contribution in [0.15, 0.2) is 17.0 Å². The number of morpholine rings is 1. The number of phenols is 1. The van der Waals surface area contributed by atoms with E-state index in [1.165, 1.54) is 18.2 Å². The van der Waals surface area contributed by atoms with Crippen molar-refractivity contribution in [3.05, 3.63) is 27.6 Å². The molecule has 0 aliphatic carbocycles. The van der Waals surface area contributed by atoms with Crippen LogP contribution in [0.1, 0.15) is 12.5 Å². The maximum Gasteiger partial charge on any atom is 0.294 e. The van der Waals surface area contributed by atoms with Gasteiger partial charge in [-0.3, -0.25) is 19.3 Å². The van der Waals surface area contributed by atoms with Gasteiger partial charge < -0.3 is 19.5 Å². The lowest BCUT2D eigenvalue weighted by Crippen LogP contribution is -2.46. The quantitative estimate of drug-likeness (QED) is 0.722. The monoisotopic (exact) mass is 426 g/mol. The summed E-state index contributed by atoms with van der Waals surface area (Å²) in [6.45, 7) is 3.55. The fraction of sp³-hybridized carbons (Fsp3) is 0.389. The minimum Gasteiger partial charge on any atom is -0.503 e. The lowest BCUT2D eigenvalue weighted by molar-refractivity contribution is -0.139. The van der Waals surface area contributed by atoms with E-state index >= 15 is 0 Å². The molecule has 0 atom stereocenters. The SMILES string of the molecule is CCOc1cc(/C=C2\SC(=O)N(CC(=O)N3CCOCC3)C2=O)cc(Cl)c1O. The Hall–Kier alpha value is -2.23. The Balaban J connectivity index is 1.76. The van der Waals surface area contributed by atoms with Crippen LogP contribution in [0, 0.1) is 0 Å². The number of imide groups is 1. The van der Waals surface area contributed by atoms with Gasteiger partial charge in [-0.2, -0.15) is 0 Å². The van der Waals surface area contributed by atoms with Crippen molar-refractivity contribution >= 4 is 46.5 Å². The van der Waals surface area contributed by atoms with Crippen molar-refractivity contribution in [1.82, 2.24) is 9.80 Å². The number of carbonyl (C=O) groups is 3. The number of benzene rings is 1. The van der Waals surface area contributed by atoms with Gasteiger partial charge in [-0.05, 0) is 42.5 Å². The fourth-order valence-corrected chi connectivity index (χ4v) is 3.84. The van der Waals surface area contributed by atoms with E-state index in [-0.39, 0.29) is 33.9 Å². The number of carbonyl (C=O) groups excluding carboxylic acids is 3. The summed E-state index contributed by atoms with van der Waals surface area (Å²) in [7, 11) is 0. The number of hydrogen-bond donors (Lipinski definition) is 1. The van der Waals surface area contributed by atoms with Crippen molar-refractivity contribution in [1.29, 1.82) is 0 Å². The Morgan fingerprint density at radius 1 is 1.36 bits per heavy atom. The Morgan fingerprint density at radius 2 is 2.07 bits per heavy atom. The second kappa shape index (κ2) is 8.85. The molecule has 0 spiro atoms. The maximum absolute atomic E-state index is 12.6. The first-order valence-electron chi connectivity index (χ1n) is 8.67. The van der Waals surface area contributed by atoms with Crippen LogP contribution in [-0.2, 0) is 14.3 Å². The molecule has 10 heteroatoms. The van der Waals surface area contributed by atoms with E-state index in [9.17, 15) is 19.5 Å². The zero-order valence-electron chi connectivity index (χ0n) is 15.1. The molecule has 3 rings (SSSR count). The van der Waals surface area contributed by atoms with Crippen LogP contribution in [0.3, 0.4) is 0 Å². The molecule has 28 heavy (non-hydrogen) atoms. The summed E-state index contributed by atoms with van der Waals surface area (Å²) >= 11 is 6.75. The summed E-state index contributed by atoms with van der Waals surface area (Å²) in [5.74, 6) is -0.843. The average Bonchev–Trinajstić information content (AvgIpc) is 2.94. The van der Waals surface area contributed by atoms with E-state index in [0.717, 1.165) is 16.7 Å². The van der Waals surface area contributed by atoms with Crippen LogP contribution >= 0.6 is 23.4 Å². The van der Waals surface area contributed by atoms with Crippen LogP contribution in [-0.4, -0.2) is 71.4 Å². The number of rotatable bonds is 5. The highest BCUT2D eigenvalue weighted by atomic mass is 35.5. The molecule has 2 aliphatic rings. The van der Waals surface area contributed by atoms with Crippen LogP contribution in [0.4, 0.5) is 4.79 Å².